The number of amides is 1. The number of rotatable bonds is 7. The molecule has 0 aliphatic carbocycles. The van der Waals surface area contributed by atoms with Gasteiger partial charge < -0.3 is 10.6 Å². The molecule has 1 amide bonds. The zero-order valence-corrected chi connectivity index (χ0v) is 15.3. The van der Waals surface area contributed by atoms with Crippen LogP contribution in [0.3, 0.4) is 0 Å². The van der Waals surface area contributed by atoms with Gasteiger partial charge in [-0.05, 0) is 31.9 Å². The van der Waals surface area contributed by atoms with Crippen LogP contribution in [-0.4, -0.2) is 28.3 Å². The molecule has 2 N–H and O–H groups in total. The number of benzene rings is 1. The molecule has 5 heteroatoms. The summed E-state index contributed by atoms with van der Waals surface area (Å²) in [5.41, 5.74) is 4.06. The van der Waals surface area contributed by atoms with Crippen LogP contribution in [0.25, 0.3) is 0 Å². The van der Waals surface area contributed by atoms with Gasteiger partial charge in [-0.15, -0.1) is 0 Å². The number of nitrogens with zero attached hydrogens (tertiary/aromatic N) is 2. The van der Waals surface area contributed by atoms with Crippen LogP contribution in [0, 0.1) is 19.8 Å². The summed E-state index contributed by atoms with van der Waals surface area (Å²) in [6.45, 7) is 8.86. The van der Waals surface area contributed by atoms with Gasteiger partial charge in [-0.2, -0.15) is 5.10 Å². The van der Waals surface area contributed by atoms with Crippen LogP contribution < -0.4 is 10.6 Å². The Hall–Kier alpha value is -2.30. The van der Waals surface area contributed by atoms with E-state index in [1.165, 1.54) is 0 Å². The van der Waals surface area contributed by atoms with Gasteiger partial charge in [0.15, 0.2) is 0 Å². The van der Waals surface area contributed by atoms with Crippen molar-refractivity contribution in [3.8, 4) is 0 Å². The average Bonchev–Trinajstić information content (AvgIpc) is 2.78. The number of hydrogen-bond donors (Lipinski definition) is 2. The molecule has 0 bridgehead atoms. The van der Waals surface area contributed by atoms with Crippen molar-refractivity contribution in [3.05, 3.63) is 47.3 Å². The standard InChI is InChI=1S/C19H28N4O/c1-13(2)18(21-16-9-7-6-8-10-16)12-20-19(24)11-17-14(3)22-23(5)15(17)4/h6-10,13,18,21H,11-12H2,1-5H3,(H,20,24)/t18-/m1/s1. The molecule has 2 rings (SSSR count). The van der Waals surface area contributed by atoms with Crippen molar-refractivity contribution in [1.29, 1.82) is 0 Å². The first kappa shape index (κ1) is 18.0. The van der Waals surface area contributed by atoms with E-state index in [0.717, 1.165) is 22.6 Å². The summed E-state index contributed by atoms with van der Waals surface area (Å²) < 4.78 is 1.83. The molecule has 0 spiro atoms. The van der Waals surface area contributed by atoms with Gasteiger partial charge in [-0.25, -0.2) is 0 Å². The maximum atomic E-state index is 12.3. The molecule has 1 aromatic heterocycles. The maximum absolute atomic E-state index is 12.3. The maximum Gasteiger partial charge on any atom is 0.224 e. The molecule has 2 aromatic rings. The monoisotopic (exact) mass is 328 g/mol. The quantitative estimate of drug-likeness (QED) is 0.822. The van der Waals surface area contributed by atoms with E-state index in [0.29, 0.717) is 18.9 Å². The Bertz CT molecular complexity index is 676. The summed E-state index contributed by atoms with van der Waals surface area (Å²) in [5.74, 6) is 0.446. The Balaban J connectivity index is 1.93. The van der Waals surface area contributed by atoms with Crippen molar-refractivity contribution in [2.75, 3.05) is 11.9 Å². The Morgan fingerprint density at radius 1 is 1.21 bits per heavy atom. The van der Waals surface area contributed by atoms with Crippen molar-refractivity contribution in [3.63, 3.8) is 0 Å². The van der Waals surface area contributed by atoms with Gasteiger partial charge in [0.05, 0.1) is 12.1 Å². The summed E-state index contributed by atoms with van der Waals surface area (Å²) in [4.78, 5) is 12.3. The van der Waals surface area contributed by atoms with Crippen LogP contribution >= 0.6 is 0 Å². The van der Waals surface area contributed by atoms with Crippen LogP contribution in [-0.2, 0) is 18.3 Å². The molecule has 1 aromatic carbocycles. The fourth-order valence-electron chi connectivity index (χ4n) is 2.72. The lowest BCUT2D eigenvalue weighted by Crippen LogP contribution is -2.40. The minimum Gasteiger partial charge on any atom is -0.380 e. The molecule has 0 aliphatic rings. The number of aromatic nitrogens is 2. The third kappa shape index (κ3) is 4.60. The fourth-order valence-corrected chi connectivity index (χ4v) is 2.72. The SMILES string of the molecule is Cc1nn(C)c(C)c1CC(=O)NC[C@@H](Nc1ccccc1)C(C)C. The average molecular weight is 328 g/mol. The first-order chi connectivity index (χ1) is 11.4. The highest BCUT2D eigenvalue weighted by Gasteiger charge is 2.17. The Morgan fingerprint density at radius 2 is 1.88 bits per heavy atom. The summed E-state index contributed by atoms with van der Waals surface area (Å²) >= 11 is 0. The van der Waals surface area contributed by atoms with E-state index in [2.05, 4.69) is 29.6 Å². The predicted molar refractivity (Wildman–Crippen MR) is 98.1 cm³/mol. The summed E-state index contributed by atoms with van der Waals surface area (Å²) in [7, 11) is 1.91. The van der Waals surface area contributed by atoms with Crippen LogP contribution in [0.1, 0.15) is 30.8 Å². The minimum atomic E-state index is 0.0368. The molecule has 1 heterocycles. The van der Waals surface area contributed by atoms with Crippen molar-refractivity contribution in [2.24, 2.45) is 13.0 Å². The zero-order chi connectivity index (χ0) is 17.7. The van der Waals surface area contributed by atoms with Gasteiger partial charge >= 0.3 is 0 Å². The zero-order valence-electron chi connectivity index (χ0n) is 15.3. The number of anilines is 1. The lowest BCUT2D eigenvalue weighted by atomic mass is 10.0. The van der Waals surface area contributed by atoms with Gasteiger partial charge in [0.25, 0.3) is 0 Å². The molecule has 0 saturated heterocycles. The van der Waals surface area contributed by atoms with E-state index >= 15 is 0 Å². The van der Waals surface area contributed by atoms with Gasteiger partial charge in [0.1, 0.15) is 0 Å². The first-order valence-electron chi connectivity index (χ1n) is 8.45. The largest absolute Gasteiger partial charge is 0.380 e. The molecular weight excluding hydrogens is 300 g/mol. The van der Waals surface area contributed by atoms with E-state index in [1.807, 2.05) is 55.9 Å². The number of hydrogen-bond acceptors (Lipinski definition) is 3. The number of para-hydroxylation sites is 1. The van der Waals surface area contributed by atoms with Crippen molar-refractivity contribution >= 4 is 11.6 Å². The highest BCUT2D eigenvalue weighted by atomic mass is 16.1. The summed E-state index contributed by atoms with van der Waals surface area (Å²) in [6, 6.07) is 10.3. The normalized spacial score (nSPS) is 12.2. The number of aryl methyl sites for hydroxylation is 2. The fraction of sp³-hybridized carbons (Fsp3) is 0.474. The molecule has 0 radical (unpaired) electrons. The van der Waals surface area contributed by atoms with Crippen LogP contribution in [0.2, 0.25) is 0 Å². The Morgan fingerprint density at radius 3 is 2.42 bits per heavy atom. The summed E-state index contributed by atoms with van der Waals surface area (Å²) in [5, 5.41) is 10.9. The molecule has 1 atom stereocenters. The van der Waals surface area contributed by atoms with E-state index in [4.69, 9.17) is 0 Å². The highest BCUT2D eigenvalue weighted by molar-refractivity contribution is 5.79. The first-order valence-corrected chi connectivity index (χ1v) is 8.45. The molecule has 130 valence electrons. The van der Waals surface area contributed by atoms with Crippen molar-refractivity contribution in [1.82, 2.24) is 15.1 Å². The van der Waals surface area contributed by atoms with Crippen molar-refractivity contribution < 1.29 is 4.79 Å². The second kappa shape index (κ2) is 7.99. The van der Waals surface area contributed by atoms with E-state index in [9.17, 15) is 4.79 Å². The Kier molecular flexibility index (Phi) is 6.01. The number of carbonyl (C=O) groups is 1. The molecule has 5 nitrogen and oxygen atoms in total. The smallest absolute Gasteiger partial charge is 0.224 e. The topological polar surface area (TPSA) is 59.0 Å². The highest BCUT2D eigenvalue weighted by Crippen LogP contribution is 2.14. The minimum absolute atomic E-state index is 0.0368. The number of nitrogens with one attached hydrogen (secondary N) is 2. The molecule has 0 aliphatic heterocycles. The van der Waals surface area contributed by atoms with E-state index in [-0.39, 0.29) is 11.9 Å². The van der Waals surface area contributed by atoms with Gasteiger partial charge in [0.2, 0.25) is 5.91 Å². The van der Waals surface area contributed by atoms with Crippen LogP contribution in [0.5, 0.6) is 0 Å². The van der Waals surface area contributed by atoms with Crippen molar-refractivity contribution in [2.45, 2.75) is 40.2 Å². The lowest BCUT2D eigenvalue weighted by Gasteiger charge is -2.24. The Labute approximate surface area is 144 Å². The molecule has 24 heavy (non-hydrogen) atoms. The second-order valence-corrected chi connectivity index (χ2v) is 6.61. The van der Waals surface area contributed by atoms with E-state index < -0.39 is 0 Å². The third-order valence-corrected chi connectivity index (χ3v) is 4.45. The predicted octanol–water partition coefficient (Wildman–Crippen LogP) is 2.83. The summed E-state index contributed by atoms with van der Waals surface area (Å²) in [6.07, 6.45) is 0.377. The molecule has 0 saturated carbocycles. The van der Waals surface area contributed by atoms with Gasteiger partial charge in [-0.3, -0.25) is 9.48 Å². The number of carbonyl (C=O) groups excluding carboxylic acids is 1. The second-order valence-electron chi connectivity index (χ2n) is 6.61. The molecule has 0 unspecified atom stereocenters. The van der Waals surface area contributed by atoms with Gasteiger partial charge in [0, 0.05) is 36.6 Å². The third-order valence-electron chi connectivity index (χ3n) is 4.45. The molecular formula is C19H28N4O. The molecule has 0 fully saturated rings. The van der Waals surface area contributed by atoms with Gasteiger partial charge in [-0.1, -0.05) is 32.0 Å². The van der Waals surface area contributed by atoms with Crippen LogP contribution in [0.4, 0.5) is 5.69 Å². The lowest BCUT2D eigenvalue weighted by molar-refractivity contribution is -0.120. The van der Waals surface area contributed by atoms with Crippen LogP contribution in [0.15, 0.2) is 30.3 Å². The van der Waals surface area contributed by atoms with E-state index in [1.54, 1.807) is 0 Å².